The van der Waals surface area contributed by atoms with Crippen molar-refractivity contribution in [2.45, 2.75) is 6.61 Å². The highest BCUT2D eigenvalue weighted by atomic mass is 79.9. The fourth-order valence-corrected chi connectivity index (χ4v) is 1.79. The van der Waals surface area contributed by atoms with Gasteiger partial charge in [0.05, 0.1) is 6.21 Å². The molecule has 0 bridgehead atoms. The maximum Gasteiger partial charge on any atom is 0.142 e. The maximum atomic E-state index is 12.7. The average Bonchev–Trinajstić information content (AvgIpc) is 2.37. The number of benzene rings is 2. The van der Waals surface area contributed by atoms with Crippen LogP contribution in [-0.4, -0.2) is 6.21 Å². The molecule has 0 fully saturated rings. The highest BCUT2D eigenvalue weighted by molar-refractivity contribution is 9.10. The topological polar surface area (TPSA) is 21.6 Å². The molecule has 0 aromatic heterocycles. The van der Waals surface area contributed by atoms with Crippen LogP contribution in [0.25, 0.3) is 0 Å². The first-order chi connectivity index (χ1) is 8.74. The summed E-state index contributed by atoms with van der Waals surface area (Å²) in [6.07, 6.45) is 1.63. The van der Waals surface area contributed by atoms with E-state index in [0.717, 1.165) is 15.6 Å². The van der Waals surface area contributed by atoms with Gasteiger partial charge in [0.15, 0.2) is 0 Å². The van der Waals surface area contributed by atoms with E-state index in [-0.39, 0.29) is 5.82 Å². The Bertz CT molecular complexity index is 540. The summed E-state index contributed by atoms with van der Waals surface area (Å²) in [7, 11) is 0. The summed E-state index contributed by atoms with van der Waals surface area (Å²) in [6.45, 7) is 0.324. The maximum absolute atomic E-state index is 12.7. The third kappa shape index (κ3) is 3.96. The molecule has 2 rings (SSSR count). The first-order valence-electron chi connectivity index (χ1n) is 5.39. The lowest BCUT2D eigenvalue weighted by atomic mass is 10.2. The second-order valence-electron chi connectivity index (χ2n) is 3.69. The summed E-state index contributed by atoms with van der Waals surface area (Å²) in [5.74, 6) is -0.253. The minimum atomic E-state index is -0.253. The highest BCUT2D eigenvalue weighted by Crippen LogP contribution is 2.10. The highest BCUT2D eigenvalue weighted by Gasteiger charge is 1.93. The van der Waals surface area contributed by atoms with Gasteiger partial charge >= 0.3 is 0 Å². The Kier molecular flexibility index (Phi) is 4.47. The molecule has 0 atom stereocenters. The Hall–Kier alpha value is -1.68. The minimum absolute atomic E-state index is 0.253. The molecule has 2 aromatic rings. The molecule has 0 heterocycles. The quantitative estimate of drug-likeness (QED) is 0.614. The van der Waals surface area contributed by atoms with Crippen LogP contribution in [0.15, 0.2) is 58.2 Å². The summed E-state index contributed by atoms with van der Waals surface area (Å²) >= 11 is 3.38. The van der Waals surface area contributed by atoms with Gasteiger partial charge in [-0.2, -0.15) is 0 Å². The third-order valence-electron chi connectivity index (χ3n) is 2.27. The second-order valence-corrected chi connectivity index (χ2v) is 4.61. The molecule has 2 nitrogen and oxygen atoms in total. The van der Waals surface area contributed by atoms with Gasteiger partial charge in [-0.3, -0.25) is 0 Å². The molecule has 0 N–H and O–H groups in total. The van der Waals surface area contributed by atoms with Gasteiger partial charge < -0.3 is 4.84 Å². The van der Waals surface area contributed by atoms with Crippen LogP contribution in [0.5, 0.6) is 0 Å². The van der Waals surface area contributed by atoms with Crippen molar-refractivity contribution in [2.75, 3.05) is 0 Å². The zero-order chi connectivity index (χ0) is 12.8. The first kappa shape index (κ1) is 12.8. The molecule has 0 saturated carbocycles. The number of halogens is 2. The summed E-state index contributed by atoms with van der Waals surface area (Å²) in [6, 6.07) is 13.9. The van der Waals surface area contributed by atoms with Crippen LogP contribution in [0.2, 0.25) is 0 Å². The van der Waals surface area contributed by atoms with Crippen molar-refractivity contribution in [2.24, 2.45) is 5.16 Å². The van der Waals surface area contributed by atoms with Gasteiger partial charge in [-0.05, 0) is 35.4 Å². The molecule has 0 radical (unpaired) electrons. The normalized spacial score (nSPS) is 10.8. The van der Waals surface area contributed by atoms with E-state index in [0.29, 0.717) is 6.61 Å². The lowest BCUT2D eigenvalue weighted by molar-refractivity contribution is 0.132. The van der Waals surface area contributed by atoms with Crippen molar-refractivity contribution in [3.05, 3.63) is 69.9 Å². The van der Waals surface area contributed by atoms with Crippen molar-refractivity contribution >= 4 is 22.1 Å². The zero-order valence-corrected chi connectivity index (χ0v) is 11.1. The summed E-state index contributed by atoms with van der Waals surface area (Å²) in [5.41, 5.74) is 1.83. The van der Waals surface area contributed by atoms with Gasteiger partial charge in [-0.25, -0.2) is 4.39 Å². The van der Waals surface area contributed by atoms with Gasteiger partial charge in [-0.15, -0.1) is 0 Å². The lowest BCUT2D eigenvalue weighted by Crippen LogP contribution is -1.88. The van der Waals surface area contributed by atoms with Gasteiger partial charge in [0.2, 0.25) is 0 Å². The van der Waals surface area contributed by atoms with Gasteiger partial charge in [0.1, 0.15) is 12.4 Å². The predicted molar refractivity (Wildman–Crippen MR) is 72.9 cm³/mol. The summed E-state index contributed by atoms with van der Waals surface area (Å²) in [4.78, 5) is 5.14. The number of nitrogens with zero attached hydrogens (tertiary/aromatic N) is 1. The van der Waals surface area contributed by atoms with E-state index >= 15 is 0 Å². The summed E-state index contributed by atoms with van der Waals surface area (Å²) in [5, 5.41) is 3.86. The molecule has 0 unspecified atom stereocenters. The minimum Gasteiger partial charge on any atom is -0.391 e. The Balaban J connectivity index is 1.87. The molecular weight excluding hydrogens is 297 g/mol. The van der Waals surface area contributed by atoms with Crippen molar-refractivity contribution in [1.29, 1.82) is 0 Å². The molecule has 0 saturated heterocycles. The van der Waals surface area contributed by atoms with Crippen LogP contribution in [0, 0.1) is 5.82 Å². The number of rotatable bonds is 4. The molecule has 0 spiro atoms. The van der Waals surface area contributed by atoms with Crippen LogP contribution in [0.3, 0.4) is 0 Å². The Labute approximate surface area is 113 Å². The number of hydrogen-bond donors (Lipinski definition) is 0. The molecule has 2 aromatic carbocycles. The van der Waals surface area contributed by atoms with Crippen molar-refractivity contribution in [3.63, 3.8) is 0 Å². The van der Waals surface area contributed by atoms with Crippen molar-refractivity contribution in [3.8, 4) is 0 Å². The van der Waals surface area contributed by atoms with Gasteiger partial charge in [0.25, 0.3) is 0 Å². The molecule has 92 valence electrons. The zero-order valence-electron chi connectivity index (χ0n) is 9.51. The largest absolute Gasteiger partial charge is 0.391 e. The molecular formula is C14H11BrFNO. The number of oxime groups is 1. The van der Waals surface area contributed by atoms with Crippen LogP contribution >= 0.6 is 15.9 Å². The van der Waals surface area contributed by atoms with Gasteiger partial charge in [0, 0.05) is 4.47 Å². The Morgan fingerprint density at radius 1 is 1.17 bits per heavy atom. The smallest absolute Gasteiger partial charge is 0.142 e. The molecule has 0 aliphatic rings. The Morgan fingerprint density at radius 3 is 2.67 bits per heavy atom. The second kappa shape index (κ2) is 6.31. The van der Waals surface area contributed by atoms with Crippen LogP contribution in [0.1, 0.15) is 11.1 Å². The third-order valence-corrected chi connectivity index (χ3v) is 2.76. The van der Waals surface area contributed by atoms with Crippen LogP contribution in [-0.2, 0) is 11.4 Å². The number of hydrogen-bond acceptors (Lipinski definition) is 2. The monoisotopic (exact) mass is 307 g/mol. The fourth-order valence-electron chi connectivity index (χ4n) is 1.38. The van der Waals surface area contributed by atoms with Crippen LogP contribution in [0.4, 0.5) is 4.39 Å². The SMILES string of the molecule is Fc1ccc(CON=Cc2cccc(Br)c2)cc1. The molecule has 4 heteroatoms. The first-order valence-corrected chi connectivity index (χ1v) is 6.19. The van der Waals surface area contributed by atoms with E-state index in [1.807, 2.05) is 24.3 Å². The molecule has 0 aliphatic heterocycles. The fraction of sp³-hybridized carbons (Fsp3) is 0.0714. The lowest BCUT2D eigenvalue weighted by Gasteiger charge is -1.99. The van der Waals surface area contributed by atoms with E-state index in [1.54, 1.807) is 18.3 Å². The van der Waals surface area contributed by atoms with Crippen LogP contribution < -0.4 is 0 Å². The Morgan fingerprint density at radius 2 is 1.94 bits per heavy atom. The molecule has 0 amide bonds. The van der Waals surface area contributed by atoms with E-state index < -0.39 is 0 Å². The summed E-state index contributed by atoms with van der Waals surface area (Å²) < 4.78 is 13.7. The van der Waals surface area contributed by atoms with E-state index in [1.165, 1.54) is 12.1 Å². The van der Waals surface area contributed by atoms with Crippen molar-refractivity contribution in [1.82, 2.24) is 0 Å². The van der Waals surface area contributed by atoms with E-state index in [9.17, 15) is 4.39 Å². The predicted octanol–water partition coefficient (Wildman–Crippen LogP) is 4.14. The average molecular weight is 308 g/mol. The van der Waals surface area contributed by atoms with E-state index in [2.05, 4.69) is 21.1 Å². The molecule has 0 aliphatic carbocycles. The molecule has 18 heavy (non-hydrogen) atoms. The van der Waals surface area contributed by atoms with Gasteiger partial charge in [-0.1, -0.05) is 45.4 Å². The standard InChI is InChI=1S/C14H11BrFNO/c15-13-3-1-2-12(8-13)9-17-18-10-11-4-6-14(16)7-5-11/h1-9H,10H2. The van der Waals surface area contributed by atoms with Crippen molar-refractivity contribution < 1.29 is 9.23 Å². The van der Waals surface area contributed by atoms with E-state index in [4.69, 9.17) is 4.84 Å².